The highest BCUT2D eigenvalue weighted by Gasteiger charge is 2.29. The zero-order valence-corrected chi connectivity index (χ0v) is 18.7. The molecule has 0 saturated carbocycles. The number of sulfonamides is 1. The van der Waals surface area contributed by atoms with Gasteiger partial charge in [0.2, 0.25) is 0 Å². The zero-order valence-electron chi connectivity index (χ0n) is 17.9. The van der Waals surface area contributed by atoms with Gasteiger partial charge in [0.15, 0.2) is 5.75 Å². The van der Waals surface area contributed by atoms with Crippen LogP contribution < -0.4 is 18.8 Å². The van der Waals surface area contributed by atoms with E-state index in [-0.39, 0.29) is 4.90 Å². The van der Waals surface area contributed by atoms with Crippen molar-refractivity contribution in [3.05, 3.63) is 72.8 Å². The monoisotopic (exact) mass is 425 g/mol. The molecule has 0 saturated heterocycles. The molecule has 0 heterocycles. The van der Waals surface area contributed by atoms with E-state index >= 15 is 0 Å². The van der Waals surface area contributed by atoms with E-state index in [0.29, 0.717) is 17.1 Å². The molecule has 0 amide bonds. The Morgan fingerprint density at radius 3 is 1.60 bits per heavy atom. The number of hydrogen-bond donors (Lipinski definition) is 0. The first kappa shape index (κ1) is 21.5. The van der Waals surface area contributed by atoms with Gasteiger partial charge in [-0.15, -0.1) is 0 Å². The predicted molar refractivity (Wildman–Crippen MR) is 124 cm³/mol. The van der Waals surface area contributed by atoms with Crippen molar-refractivity contribution >= 4 is 32.8 Å². The first-order valence-electron chi connectivity index (χ1n) is 9.49. The van der Waals surface area contributed by atoms with E-state index in [0.717, 1.165) is 11.4 Å². The maximum atomic E-state index is 13.7. The molecule has 0 bridgehead atoms. The van der Waals surface area contributed by atoms with Crippen LogP contribution in [0.4, 0.5) is 22.7 Å². The number of ether oxygens (including phenoxy) is 1. The van der Waals surface area contributed by atoms with Gasteiger partial charge in [0.1, 0.15) is 0 Å². The van der Waals surface area contributed by atoms with Crippen molar-refractivity contribution in [2.75, 3.05) is 49.4 Å². The summed E-state index contributed by atoms with van der Waals surface area (Å²) in [5.74, 6) is 0.680. The quantitative estimate of drug-likeness (QED) is 0.563. The maximum absolute atomic E-state index is 13.7. The van der Waals surface area contributed by atoms with Crippen LogP contribution in [0.1, 0.15) is 0 Å². The Labute approximate surface area is 179 Å². The van der Waals surface area contributed by atoms with E-state index in [1.807, 2.05) is 68.3 Å². The predicted octanol–water partition coefficient (Wildman–Crippen LogP) is 4.35. The molecule has 0 radical (unpaired) electrons. The SMILES string of the molecule is COc1c(N(C)C)cc(N(c2ccccc2)S(=O)(=O)c2ccccc2)cc1N(C)C. The van der Waals surface area contributed by atoms with Crippen LogP contribution in [0.3, 0.4) is 0 Å². The zero-order chi connectivity index (χ0) is 21.9. The molecule has 158 valence electrons. The summed E-state index contributed by atoms with van der Waals surface area (Å²) in [6, 6.07) is 21.2. The van der Waals surface area contributed by atoms with E-state index in [2.05, 4.69) is 0 Å². The van der Waals surface area contributed by atoms with Gasteiger partial charge in [-0.2, -0.15) is 0 Å². The van der Waals surface area contributed by atoms with Crippen LogP contribution in [0.25, 0.3) is 0 Å². The van der Waals surface area contributed by atoms with Crippen LogP contribution in [0.2, 0.25) is 0 Å². The number of para-hydroxylation sites is 1. The van der Waals surface area contributed by atoms with Crippen molar-refractivity contribution in [2.45, 2.75) is 4.90 Å². The molecule has 3 aromatic carbocycles. The number of hydrogen-bond acceptors (Lipinski definition) is 5. The van der Waals surface area contributed by atoms with Crippen molar-refractivity contribution in [3.63, 3.8) is 0 Å². The Hall–Kier alpha value is -3.19. The Balaban J connectivity index is 2.33. The minimum Gasteiger partial charge on any atom is -0.492 e. The average molecular weight is 426 g/mol. The lowest BCUT2D eigenvalue weighted by atomic mass is 10.2. The van der Waals surface area contributed by atoms with Crippen LogP contribution in [-0.2, 0) is 10.0 Å². The Bertz CT molecular complexity index is 1070. The second-order valence-electron chi connectivity index (χ2n) is 7.22. The van der Waals surface area contributed by atoms with Crippen molar-refractivity contribution < 1.29 is 13.2 Å². The molecule has 0 aromatic heterocycles. The first-order chi connectivity index (χ1) is 14.3. The van der Waals surface area contributed by atoms with Gasteiger partial charge < -0.3 is 14.5 Å². The van der Waals surface area contributed by atoms with Crippen LogP contribution in [0, 0.1) is 0 Å². The van der Waals surface area contributed by atoms with Gasteiger partial charge >= 0.3 is 0 Å². The summed E-state index contributed by atoms with van der Waals surface area (Å²) in [6.07, 6.45) is 0. The van der Waals surface area contributed by atoms with Gasteiger partial charge in [0, 0.05) is 28.2 Å². The van der Waals surface area contributed by atoms with Gasteiger partial charge in [0.05, 0.1) is 34.8 Å². The third-order valence-electron chi connectivity index (χ3n) is 4.71. The summed E-state index contributed by atoms with van der Waals surface area (Å²) in [6.45, 7) is 0. The van der Waals surface area contributed by atoms with E-state index in [1.165, 1.54) is 4.31 Å². The van der Waals surface area contributed by atoms with Crippen LogP contribution in [0.15, 0.2) is 77.7 Å². The molecule has 0 unspecified atom stereocenters. The minimum absolute atomic E-state index is 0.225. The number of nitrogens with zero attached hydrogens (tertiary/aromatic N) is 3. The van der Waals surface area contributed by atoms with Crippen LogP contribution in [-0.4, -0.2) is 43.7 Å². The van der Waals surface area contributed by atoms with Gasteiger partial charge in [-0.05, 0) is 36.4 Å². The highest BCUT2D eigenvalue weighted by atomic mass is 32.2. The molecule has 0 atom stereocenters. The van der Waals surface area contributed by atoms with Crippen LogP contribution in [0.5, 0.6) is 5.75 Å². The lowest BCUT2D eigenvalue weighted by molar-refractivity contribution is 0.416. The summed E-state index contributed by atoms with van der Waals surface area (Å²) in [7, 11) is 5.37. The fourth-order valence-corrected chi connectivity index (χ4v) is 4.76. The molecule has 3 aromatic rings. The van der Waals surface area contributed by atoms with Crippen molar-refractivity contribution in [1.82, 2.24) is 0 Å². The summed E-state index contributed by atoms with van der Waals surface area (Å²) in [5.41, 5.74) is 2.64. The molecule has 0 aliphatic heterocycles. The van der Waals surface area contributed by atoms with Gasteiger partial charge in [-0.25, -0.2) is 12.7 Å². The van der Waals surface area contributed by atoms with Gasteiger partial charge in [-0.1, -0.05) is 36.4 Å². The first-order valence-corrected chi connectivity index (χ1v) is 10.9. The average Bonchev–Trinajstić information content (AvgIpc) is 2.74. The fourth-order valence-electron chi connectivity index (χ4n) is 3.26. The third-order valence-corrected chi connectivity index (χ3v) is 6.48. The molecule has 0 aliphatic rings. The summed E-state index contributed by atoms with van der Waals surface area (Å²) < 4.78 is 34.5. The second-order valence-corrected chi connectivity index (χ2v) is 9.01. The fraction of sp³-hybridized carbons (Fsp3) is 0.217. The van der Waals surface area contributed by atoms with Crippen molar-refractivity contribution in [2.24, 2.45) is 0 Å². The third kappa shape index (κ3) is 4.07. The molecule has 0 aliphatic carbocycles. The molecule has 3 rings (SSSR count). The smallest absolute Gasteiger partial charge is 0.268 e. The van der Waals surface area contributed by atoms with E-state index in [1.54, 1.807) is 49.6 Å². The largest absolute Gasteiger partial charge is 0.492 e. The molecule has 7 heteroatoms. The van der Waals surface area contributed by atoms with Crippen molar-refractivity contribution in [3.8, 4) is 5.75 Å². The van der Waals surface area contributed by atoms with E-state index in [4.69, 9.17) is 4.74 Å². The normalized spacial score (nSPS) is 11.1. The maximum Gasteiger partial charge on any atom is 0.268 e. The molecule has 6 nitrogen and oxygen atoms in total. The molecule has 0 N–H and O–H groups in total. The lowest BCUT2D eigenvalue weighted by Crippen LogP contribution is -2.27. The summed E-state index contributed by atoms with van der Waals surface area (Å²) >= 11 is 0. The Morgan fingerprint density at radius 1 is 0.700 bits per heavy atom. The second kappa shape index (κ2) is 8.67. The molecule has 0 fully saturated rings. The summed E-state index contributed by atoms with van der Waals surface area (Å²) in [5, 5.41) is 0. The number of anilines is 4. The highest BCUT2D eigenvalue weighted by molar-refractivity contribution is 7.93. The van der Waals surface area contributed by atoms with Gasteiger partial charge in [-0.3, -0.25) is 0 Å². The topological polar surface area (TPSA) is 53.1 Å². The minimum atomic E-state index is -3.86. The Morgan fingerprint density at radius 2 is 1.17 bits per heavy atom. The van der Waals surface area contributed by atoms with Crippen LogP contribution >= 0.6 is 0 Å². The molecular weight excluding hydrogens is 398 g/mol. The molecule has 30 heavy (non-hydrogen) atoms. The Kier molecular flexibility index (Phi) is 6.22. The number of rotatable bonds is 7. The highest BCUT2D eigenvalue weighted by Crippen LogP contribution is 2.43. The number of benzene rings is 3. The van der Waals surface area contributed by atoms with Gasteiger partial charge in [0.25, 0.3) is 10.0 Å². The summed E-state index contributed by atoms with van der Waals surface area (Å²) in [4.78, 5) is 4.05. The lowest BCUT2D eigenvalue weighted by Gasteiger charge is -2.29. The van der Waals surface area contributed by atoms with E-state index in [9.17, 15) is 8.42 Å². The number of methoxy groups -OCH3 is 1. The molecular formula is C23H27N3O3S. The molecule has 0 spiro atoms. The van der Waals surface area contributed by atoms with E-state index < -0.39 is 10.0 Å². The van der Waals surface area contributed by atoms with Crippen molar-refractivity contribution in [1.29, 1.82) is 0 Å². The standard InChI is InChI=1S/C23H27N3O3S/c1-24(2)21-16-19(17-22(25(3)4)23(21)29-5)26(18-12-8-6-9-13-18)30(27,28)20-14-10-7-11-15-20/h6-17H,1-5H3.